The van der Waals surface area contributed by atoms with Crippen LogP contribution in [0.3, 0.4) is 0 Å². The van der Waals surface area contributed by atoms with E-state index in [1.807, 2.05) is 107 Å². The number of hydrogen-bond acceptors (Lipinski definition) is 13. The van der Waals surface area contributed by atoms with Crippen molar-refractivity contribution in [2.24, 2.45) is 11.7 Å². The number of carbonyl (C=O) groups excluding carboxylic acids is 2. The normalized spacial score (nSPS) is 35.9. The van der Waals surface area contributed by atoms with Gasteiger partial charge in [0.25, 0.3) is 0 Å². The number of aliphatic hydroxyl groups excluding tert-OH is 2. The van der Waals surface area contributed by atoms with E-state index in [2.05, 4.69) is 10.6 Å². The highest BCUT2D eigenvalue weighted by molar-refractivity contribution is 5.68. The van der Waals surface area contributed by atoms with Crippen molar-refractivity contribution >= 4 is 12.2 Å². The summed E-state index contributed by atoms with van der Waals surface area (Å²) >= 11 is 0. The predicted octanol–water partition coefficient (Wildman–Crippen LogP) is 4.34. The molecule has 6 N–H and O–H groups in total. The van der Waals surface area contributed by atoms with E-state index < -0.39 is 85.8 Å². The molecule has 15 heteroatoms. The minimum atomic E-state index is -1.33. The maximum atomic E-state index is 12.9. The minimum Gasteiger partial charge on any atom is -0.445 e. The van der Waals surface area contributed by atoms with E-state index in [9.17, 15) is 19.8 Å². The maximum absolute atomic E-state index is 12.9. The smallest absolute Gasteiger partial charge is 0.408 e. The Hall–Kier alpha value is -3.90. The fourth-order valence-corrected chi connectivity index (χ4v) is 7.62. The van der Waals surface area contributed by atoms with Gasteiger partial charge < -0.3 is 64.5 Å². The van der Waals surface area contributed by atoms with Gasteiger partial charge in [0.2, 0.25) is 0 Å². The first-order valence-electron chi connectivity index (χ1n) is 20.4. The molecule has 15 nitrogen and oxygen atoms in total. The molecule has 2 aromatic rings. The quantitative estimate of drug-likeness (QED) is 0.160. The van der Waals surface area contributed by atoms with Gasteiger partial charge in [-0.1, -0.05) is 113 Å². The first kappa shape index (κ1) is 43.7. The Morgan fingerprint density at radius 1 is 0.655 bits per heavy atom. The molecule has 2 fully saturated rings. The standard InChI is InChI=1S/C43H59N3O12/c1-5-28-18-20-31(45-42(49)51-23-26-14-10-8-11-15-26)39(53-28)56-36-25(4)22-30(44)34(47)38(36)58-41-35(48)37(33(7-3)55-41)57-40-32(21-19-29(6-2)54-40)46-43(50)52-24-27-16-12-9-13-17-27/h8-21,25,28-41,47-48H,5-7,22-24,44H2,1-4H3,(H,45,49)(H,46,50)/t25-,28+,29-,30+,31+,32+,33+,34-,35+,36+,37+,38+,39+,40+,41-/m0/s1. The number of alkyl carbamates (subject to hydrolysis) is 2. The van der Waals surface area contributed by atoms with Crippen molar-refractivity contribution in [2.45, 2.75) is 152 Å². The molecule has 0 unspecified atom stereocenters. The Bertz CT molecular complexity index is 1650. The van der Waals surface area contributed by atoms with E-state index in [-0.39, 0.29) is 31.3 Å². The second kappa shape index (κ2) is 20.9. The Balaban J connectivity index is 1.13. The van der Waals surface area contributed by atoms with Crippen LogP contribution in [0.15, 0.2) is 85.0 Å². The van der Waals surface area contributed by atoms with Crippen LogP contribution >= 0.6 is 0 Å². The average Bonchev–Trinajstić information content (AvgIpc) is 3.54. The fourth-order valence-electron chi connectivity index (χ4n) is 7.62. The summed E-state index contributed by atoms with van der Waals surface area (Å²) in [5.74, 6) is -0.238. The zero-order chi connectivity index (χ0) is 41.2. The summed E-state index contributed by atoms with van der Waals surface area (Å²) < 4.78 is 49.2. The Kier molecular flexibility index (Phi) is 15.7. The highest BCUT2D eigenvalue weighted by atomic mass is 16.8. The molecule has 0 spiro atoms. The highest BCUT2D eigenvalue weighted by Gasteiger charge is 2.52. The summed E-state index contributed by atoms with van der Waals surface area (Å²) in [6.07, 6.45) is -1.60. The van der Waals surface area contributed by atoms with Crippen LogP contribution in [0.2, 0.25) is 0 Å². The molecule has 1 saturated carbocycles. The summed E-state index contributed by atoms with van der Waals surface area (Å²) in [5, 5.41) is 28.9. The van der Waals surface area contributed by atoms with Crippen molar-refractivity contribution < 1.29 is 57.7 Å². The average molecular weight is 810 g/mol. The van der Waals surface area contributed by atoms with Gasteiger partial charge in [-0.25, -0.2) is 9.59 Å². The van der Waals surface area contributed by atoms with E-state index in [1.54, 1.807) is 6.08 Å². The molecule has 318 valence electrons. The molecule has 1 saturated heterocycles. The van der Waals surface area contributed by atoms with Gasteiger partial charge in [0.1, 0.15) is 43.6 Å². The van der Waals surface area contributed by atoms with E-state index in [4.69, 9.17) is 43.6 Å². The van der Waals surface area contributed by atoms with Gasteiger partial charge in [0.05, 0.1) is 30.5 Å². The first-order chi connectivity index (χ1) is 28.1. The van der Waals surface area contributed by atoms with Gasteiger partial charge in [-0.15, -0.1) is 0 Å². The number of amides is 2. The van der Waals surface area contributed by atoms with Crippen molar-refractivity contribution in [1.29, 1.82) is 0 Å². The molecule has 58 heavy (non-hydrogen) atoms. The van der Waals surface area contributed by atoms with Crippen LogP contribution in [0.4, 0.5) is 9.59 Å². The lowest BCUT2D eigenvalue weighted by Gasteiger charge is -2.45. The number of aliphatic hydroxyl groups is 2. The zero-order valence-electron chi connectivity index (χ0n) is 33.5. The molecule has 15 atom stereocenters. The third-order valence-corrected chi connectivity index (χ3v) is 10.9. The van der Waals surface area contributed by atoms with Crippen LogP contribution in [0.5, 0.6) is 0 Å². The largest absolute Gasteiger partial charge is 0.445 e. The number of benzene rings is 2. The monoisotopic (exact) mass is 809 g/mol. The Labute approximate surface area is 340 Å². The summed E-state index contributed by atoms with van der Waals surface area (Å²) in [6, 6.07) is 16.5. The topological polar surface area (TPSA) is 199 Å². The number of hydrogen-bond donors (Lipinski definition) is 5. The van der Waals surface area contributed by atoms with Gasteiger partial charge in [-0.2, -0.15) is 0 Å². The third kappa shape index (κ3) is 11.2. The maximum Gasteiger partial charge on any atom is 0.408 e. The molecular formula is C43H59N3O12. The van der Waals surface area contributed by atoms with Gasteiger partial charge in [-0.3, -0.25) is 0 Å². The van der Waals surface area contributed by atoms with Crippen molar-refractivity contribution in [1.82, 2.24) is 10.6 Å². The molecule has 0 aromatic heterocycles. The lowest BCUT2D eigenvalue weighted by molar-refractivity contribution is -0.286. The number of carbonyl (C=O) groups is 2. The summed E-state index contributed by atoms with van der Waals surface area (Å²) in [4.78, 5) is 25.8. The number of rotatable bonds is 15. The Morgan fingerprint density at radius 3 is 1.62 bits per heavy atom. The van der Waals surface area contributed by atoms with Crippen molar-refractivity contribution in [3.05, 3.63) is 96.1 Å². The van der Waals surface area contributed by atoms with Gasteiger partial charge >= 0.3 is 12.2 Å². The summed E-state index contributed by atoms with van der Waals surface area (Å²) in [5.41, 5.74) is 8.10. The zero-order valence-corrected chi connectivity index (χ0v) is 33.5. The summed E-state index contributed by atoms with van der Waals surface area (Å²) in [7, 11) is 0. The van der Waals surface area contributed by atoms with Crippen molar-refractivity contribution in [2.75, 3.05) is 0 Å². The van der Waals surface area contributed by atoms with Crippen molar-refractivity contribution in [3.63, 3.8) is 0 Å². The molecular weight excluding hydrogens is 750 g/mol. The molecule has 4 aliphatic rings. The van der Waals surface area contributed by atoms with Crippen LogP contribution in [-0.2, 0) is 51.1 Å². The molecule has 0 radical (unpaired) electrons. The minimum absolute atomic E-state index is 0.0837. The van der Waals surface area contributed by atoms with Gasteiger partial charge in [0, 0.05) is 6.04 Å². The predicted molar refractivity (Wildman–Crippen MR) is 211 cm³/mol. The number of nitrogens with two attached hydrogens (primary N) is 1. The van der Waals surface area contributed by atoms with Crippen LogP contribution in [0.25, 0.3) is 0 Å². The van der Waals surface area contributed by atoms with Crippen LogP contribution in [0, 0.1) is 5.92 Å². The van der Waals surface area contributed by atoms with E-state index >= 15 is 0 Å². The molecule has 3 heterocycles. The second-order valence-electron chi connectivity index (χ2n) is 15.2. The highest BCUT2D eigenvalue weighted by Crippen LogP contribution is 2.36. The molecule has 3 aliphatic heterocycles. The molecule has 2 aromatic carbocycles. The van der Waals surface area contributed by atoms with Crippen LogP contribution in [-0.4, -0.2) is 108 Å². The van der Waals surface area contributed by atoms with Crippen LogP contribution in [0.1, 0.15) is 64.5 Å². The molecule has 2 amide bonds. The lowest BCUT2D eigenvalue weighted by atomic mass is 9.80. The van der Waals surface area contributed by atoms with Crippen molar-refractivity contribution in [3.8, 4) is 0 Å². The number of nitrogens with one attached hydrogen (secondary N) is 2. The van der Waals surface area contributed by atoms with Gasteiger partial charge in [-0.05, 0) is 42.7 Å². The second-order valence-corrected chi connectivity index (χ2v) is 15.2. The van der Waals surface area contributed by atoms with E-state index in [1.165, 1.54) is 0 Å². The number of ether oxygens (including phenoxy) is 8. The van der Waals surface area contributed by atoms with E-state index in [0.29, 0.717) is 25.7 Å². The lowest BCUT2D eigenvalue weighted by Crippen LogP contribution is -2.61. The third-order valence-electron chi connectivity index (χ3n) is 10.9. The molecule has 1 aliphatic carbocycles. The Morgan fingerprint density at radius 2 is 1.14 bits per heavy atom. The van der Waals surface area contributed by atoms with E-state index in [0.717, 1.165) is 11.1 Å². The fraction of sp³-hybridized carbons (Fsp3) is 0.581. The summed E-state index contributed by atoms with van der Waals surface area (Å²) in [6.45, 7) is 7.93. The molecule has 6 rings (SSSR count). The molecule has 0 bridgehead atoms. The van der Waals surface area contributed by atoms with Crippen LogP contribution < -0.4 is 16.4 Å². The first-order valence-corrected chi connectivity index (χ1v) is 20.4. The SMILES string of the molecule is CC[C@H]1C=C[C@@H](NC(=O)OCc2ccccc2)[C@@H](O[C@H]2[C@@H](O)[C@H](O[C@@H]3[C@@H](O)[C@H](N)C[C@H](C)[C@H]3O[C@H]3O[C@H](CC)C=C[C@H]3NC(=O)OCc3ccccc3)O[C@@H]2CC)O1. The van der Waals surface area contributed by atoms with Gasteiger partial charge in [0.15, 0.2) is 18.9 Å².